The van der Waals surface area contributed by atoms with Gasteiger partial charge < -0.3 is 4.74 Å². The standard InChI is InChI=1S/C27H29NO3/c1-17(2)20-12-14-21(15-13-20)25-24(27(30)31-16-19-8-5-4-6-9-19)18(3)28-22-10-7-11-23(29)26(22)25/h4-6,8-9,12-15,17,24-25H,7,10-11,16H2,1-3H3/t24?,25-/m1/s1. The van der Waals surface area contributed by atoms with Crippen molar-refractivity contribution in [3.8, 4) is 0 Å². The van der Waals surface area contributed by atoms with Crippen LogP contribution in [0.5, 0.6) is 0 Å². The molecule has 4 nitrogen and oxygen atoms in total. The minimum absolute atomic E-state index is 0.108. The molecule has 4 heteroatoms. The van der Waals surface area contributed by atoms with E-state index in [9.17, 15) is 9.59 Å². The fourth-order valence-electron chi connectivity index (χ4n) is 4.58. The highest BCUT2D eigenvalue weighted by Crippen LogP contribution is 2.43. The molecular weight excluding hydrogens is 386 g/mol. The maximum Gasteiger partial charge on any atom is 0.315 e. The van der Waals surface area contributed by atoms with Crippen LogP contribution in [-0.2, 0) is 20.9 Å². The van der Waals surface area contributed by atoms with E-state index in [4.69, 9.17) is 9.73 Å². The zero-order valence-electron chi connectivity index (χ0n) is 18.4. The van der Waals surface area contributed by atoms with Gasteiger partial charge in [0.25, 0.3) is 0 Å². The van der Waals surface area contributed by atoms with Crippen molar-refractivity contribution in [2.45, 2.75) is 58.5 Å². The smallest absolute Gasteiger partial charge is 0.315 e. The Morgan fingerprint density at radius 1 is 1.06 bits per heavy atom. The summed E-state index contributed by atoms with van der Waals surface area (Å²) >= 11 is 0. The van der Waals surface area contributed by atoms with Crippen LogP contribution >= 0.6 is 0 Å². The number of aliphatic imine (C=N–C) groups is 1. The first-order chi connectivity index (χ1) is 15.0. The minimum Gasteiger partial charge on any atom is -0.460 e. The molecule has 4 rings (SSSR count). The Labute approximate surface area is 184 Å². The highest BCUT2D eigenvalue weighted by atomic mass is 16.5. The molecule has 0 saturated carbocycles. The molecule has 2 aliphatic rings. The Balaban J connectivity index is 1.69. The number of benzene rings is 2. The Morgan fingerprint density at radius 2 is 1.77 bits per heavy atom. The van der Waals surface area contributed by atoms with E-state index in [1.807, 2.05) is 37.3 Å². The molecule has 2 atom stereocenters. The van der Waals surface area contributed by atoms with Crippen molar-refractivity contribution in [1.82, 2.24) is 0 Å². The van der Waals surface area contributed by atoms with Gasteiger partial charge in [0, 0.05) is 29.3 Å². The molecular formula is C27H29NO3. The summed E-state index contributed by atoms with van der Waals surface area (Å²) < 4.78 is 5.71. The number of Topliss-reactive ketones (excluding diaryl/α,β-unsaturated/α-hetero) is 1. The molecule has 0 bridgehead atoms. The average molecular weight is 416 g/mol. The molecule has 0 aromatic heterocycles. The van der Waals surface area contributed by atoms with Crippen LogP contribution in [0, 0.1) is 5.92 Å². The van der Waals surface area contributed by atoms with E-state index < -0.39 is 5.92 Å². The molecule has 0 spiro atoms. The maximum absolute atomic E-state index is 13.3. The fourth-order valence-corrected chi connectivity index (χ4v) is 4.58. The molecule has 1 heterocycles. The zero-order valence-corrected chi connectivity index (χ0v) is 18.4. The molecule has 160 valence electrons. The van der Waals surface area contributed by atoms with Crippen molar-refractivity contribution in [1.29, 1.82) is 0 Å². The van der Waals surface area contributed by atoms with E-state index in [0.717, 1.165) is 35.4 Å². The van der Waals surface area contributed by atoms with Gasteiger partial charge in [-0.2, -0.15) is 0 Å². The van der Waals surface area contributed by atoms with Crippen molar-refractivity contribution in [2.75, 3.05) is 0 Å². The first-order valence-corrected chi connectivity index (χ1v) is 11.1. The number of ether oxygens (including phenoxy) is 1. The van der Waals surface area contributed by atoms with Crippen molar-refractivity contribution in [3.05, 3.63) is 82.6 Å². The van der Waals surface area contributed by atoms with E-state index in [0.29, 0.717) is 17.9 Å². The van der Waals surface area contributed by atoms with Gasteiger partial charge in [0.15, 0.2) is 5.78 Å². The molecule has 1 aliphatic carbocycles. The quantitative estimate of drug-likeness (QED) is 0.586. The number of ketones is 1. The van der Waals surface area contributed by atoms with Crippen molar-refractivity contribution < 1.29 is 14.3 Å². The number of allylic oxidation sites excluding steroid dienone is 2. The number of rotatable bonds is 5. The summed E-state index contributed by atoms with van der Waals surface area (Å²) in [4.78, 5) is 31.0. The van der Waals surface area contributed by atoms with E-state index in [-0.39, 0.29) is 24.3 Å². The lowest BCUT2D eigenvalue weighted by atomic mass is 9.71. The summed E-state index contributed by atoms with van der Waals surface area (Å²) in [6.45, 7) is 6.40. The van der Waals surface area contributed by atoms with Gasteiger partial charge in [0.1, 0.15) is 12.5 Å². The highest BCUT2D eigenvalue weighted by molar-refractivity contribution is 6.08. The number of esters is 1. The second-order valence-electron chi connectivity index (χ2n) is 8.76. The highest BCUT2D eigenvalue weighted by Gasteiger charge is 2.43. The number of hydrogen-bond acceptors (Lipinski definition) is 4. The van der Waals surface area contributed by atoms with Crippen molar-refractivity contribution in [3.63, 3.8) is 0 Å². The molecule has 0 saturated heterocycles. The largest absolute Gasteiger partial charge is 0.460 e. The van der Waals surface area contributed by atoms with E-state index >= 15 is 0 Å². The third-order valence-corrected chi connectivity index (χ3v) is 6.27. The van der Waals surface area contributed by atoms with Crippen LogP contribution in [0.2, 0.25) is 0 Å². The fraction of sp³-hybridized carbons (Fsp3) is 0.370. The number of carbonyl (C=O) groups is 2. The lowest BCUT2D eigenvalue weighted by molar-refractivity contribution is -0.148. The van der Waals surface area contributed by atoms with Gasteiger partial charge in [-0.25, -0.2) is 0 Å². The summed E-state index contributed by atoms with van der Waals surface area (Å²) in [7, 11) is 0. The van der Waals surface area contributed by atoms with Crippen LogP contribution in [-0.4, -0.2) is 17.5 Å². The van der Waals surface area contributed by atoms with E-state index in [2.05, 4.69) is 38.1 Å². The second kappa shape index (κ2) is 9.01. The minimum atomic E-state index is -0.589. The van der Waals surface area contributed by atoms with Gasteiger partial charge in [-0.05, 0) is 42.4 Å². The Morgan fingerprint density at radius 3 is 2.45 bits per heavy atom. The SMILES string of the molecule is CC1=NC2=C(C(=O)CCC2)[C@H](c2ccc(C(C)C)cc2)C1C(=O)OCc1ccccc1. The van der Waals surface area contributed by atoms with Gasteiger partial charge in [-0.1, -0.05) is 68.4 Å². The molecule has 2 aromatic rings. The van der Waals surface area contributed by atoms with Crippen LogP contribution in [0.4, 0.5) is 0 Å². The first-order valence-electron chi connectivity index (χ1n) is 11.1. The van der Waals surface area contributed by atoms with Crippen molar-refractivity contribution in [2.24, 2.45) is 10.9 Å². The average Bonchev–Trinajstić information content (AvgIpc) is 2.77. The molecule has 31 heavy (non-hydrogen) atoms. The first kappa shape index (κ1) is 21.2. The predicted octanol–water partition coefficient (Wildman–Crippen LogP) is 5.73. The second-order valence-corrected chi connectivity index (χ2v) is 8.76. The summed E-state index contributed by atoms with van der Waals surface area (Å²) in [6, 6.07) is 18.0. The Hall–Kier alpha value is -3.01. The number of hydrogen-bond donors (Lipinski definition) is 0. The molecule has 0 radical (unpaired) electrons. The van der Waals surface area contributed by atoms with Gasteiger partial charge in [-0.15, -0.1) is 0 Å². The molecule has 1 unspecified atom stereocenters. The maximum atomic E-state index is 13.3. The summed E-state index contributed by atoms with van der Waals surface area (Å²) in [5, 5.41) is 0. The normalized spacial score (nSPS) is 21.0. The Kier molecular flexibility index (Phi) is 6.17. The van der Waals surface area contributed by atoms with Crippen molar-refractivity contribution >= 4 is 17.5 Å². The number of nitrogens with zero attached hydrogens (tertiary/aromatic N) is 1. The van der Waals surface area contributed by atoms with Gasteiger partial charge in [-0.3, -0.25) is 14.6 Å². The van der Waals surface area contributed by atoms with Crippen LogP contribution in [0.25, 0.3) is 0 Å². The molecule has 0 amide bonds. The van der Waals surface area contributed by atoms with Crippen LogP contribution in [0.15, 0.2) is 70.9 Å². The predicted molar refractivity (Wildman–Crippen MR) is 122 cm³/mol. The molecule has 1 aliphatic heterocycles. The van der Waals surface area contributed by atoms with E-state index in [1.165, 1.54) is 5.56 Å². The topological polar surface area (TPSA) is 55.7 Å². The monoisotopic (exact) mass is 415 g/mol. The van der Waals surface area contributed by atoms with E-state index in [1.54, 1.807) is 0 Å². The number of carbonyl (C=O) groups excluding carboxylic acids is 2. The molecule has 2 aromatic carbocycles. The summed E-state index contributed by atoms with van der Waals surface area (Å²) in [5.74, 6) is -0.732. The summed E-state index contributed by atoms with van der Waals surface area (Å²) in [6.07, 6.45) is 2.11. The van der Waals surface area contributed by atoms with Gasteiger partial charge in [0.05, 0.1) is 0 Å². The third-order valence-electron chi connectivity index (χ3n) is 6.27. The Bertz CT molecular complexity index is 1030. The van der Waals surface area contributed by atoms with Crippen LogP contribution < -0.4 is 0 Å². The lowest BCUT2D eigenvalue weighted by Gasteiger charge is -2.34. The lowest BCUT2D eigenvalue weighted by Crippen LogP contribution is -2.37. The van der Waals surface area contributed by atoms with Crippen LogP contribution in [0.1, 0.15) is 68.6 Å². The summed E-state index contributed by atoms with van der Waals surface area (Å²) in [5.41, 5.74) is 5.42. The third kappa shape index (κ3) is 4.39. The van der Waals surface area contributed by atoms with Gasteiger partial charge >= 0.3 is 5.97 Å². The molecule has 0 fully saturated rings. The van der Waals surface area contributed by atoms with Gasteiger partial charge in [0.2, 0.25) is 0 Å². The van der Waals surface area contributed by atoms with Crippen LogP contribution in [0.3, 0.4) is 0 Å². The molecule has 0 N–H and O–H groups in total. The zero-order chi connectivity index (χ0) is 22.0.